The topological polar surface area (TPSA) is 57.2 Å². The van der Waals surface area contributed by atoms with Gasteiger partial charge in [0.15, 0.2) is 5.82 Å². The van der Waals surface area contributed by atoms with Gasteiger partial charge in [-0.15, -0.1) is 5.10 Å². The van der Waals surface area contributed by atoms with E-state index in [4.69, 9.17) is 0 Å². The number of nitrogens with zero attached hydrogens (tertiary/aromatic N) is 5. The molecule has 0 radical (unpaired) electrons. The summed E-state index contributed by atoms with van der Waals surface area (Å²) in [7, 11) is 0. The summed E-state index contributed by atoms with van der Waals surface area (Å²) in [5.74, 6) is 1.40. The summed E-state index contributed by atoms with van der Waals surface area (Å²) in [5, 5.41) is 11.6. The van der Waals surface area contributed by atoms with Crippen molar-refractivity contribution in [2.45, 2.75) is 6.92 Å². The van der Waals surface area contributed by atoms with E-state index in [0.29, 0.717) is 5.95 Å². The Morgan fingerprint density at radius 1 is 0.966 bits per heavy atom. The Morgan fingerprint density at radius 3 is 2.52 bits per heavy atom. The molecular weight excluding hydrogens is 360 g/mol. The number of aromatic nitrogens is 3. The van der Waals surface area contributed by atoms with E-state index in [1.807, 2.05) is 24.3 Å². The minimum absolute atomic E-state index is 0.532. The normalized spacial score (nSPS) is 15.0. The van der Waals surface area contributed by atoms with Crippen LogP contribution < -0.4 is 10.2 Å². The van der Waals surface area contributed by atoms with Crippen molar-refractivity contribution in [3.63, 3.8) is 0 Å². The number of aryl methyl sites for hydroxylation is 1. The van der Waals surface area contributed by atoms with Crippen LogP contribution in [0.4, 0.5) is 17.5 Å². The average Bonchev–Trinajstić information content (AvgIpc) is 2.77. The van der Waals surface area contributed by atoms with E-state index in [0.717, 1.165) is 49.8 Å². The minimum Gasteiger partial charge on any atom is -0.353 e. The van der Waals surface area contributed by atoms with Gasteiger partial charge in [0.25, 0.3) is 0 Å². The maximum atomic E-state index is 4.67. The van der Waals surface area contributed by atoms with Crippen molar-refractivity contribution in [3.05, 3.63) is 78.0 Å². The van der Waals surface area contributed by atoms with Gasteiger partial charge in [-0.3, -0.25) is 4.90 Å². The molecule has 0 amide bonds. The first-order chi connectivity index (χ1) is 14.3. The van der Waals surface area contributed by atoms with Crippen LogP contribution in [0.1, 0.15) is 11.1 Å². The largest absolute Gasteiger partial charge is 0.353 e. The summed E-state index contributed by atoms with van der Waals surface area (Å²) in [6.45, 7) is 6.90. The van der Waals surface area contributed by atoms with E-state index in [2.05, 4.69) is 79.7 Å². The van der Waals surface area contributed by atoms with Gasteiger partial charge >= 0.3 is 0 Å². The first kappa shape index (κ1) is 19.1. The molecule has 6 nitrogen and oxygen atoms in total. The fraction of sp³-hybridized carbons (Fsp3) is 0.261. The maximum absolute atomic E-state index is 4.67. The molecule has 0 bridgehead atoms. The Kier molecular flexibility index (Phi) is 6.12. The van der Waals surface area contributed by atoms with Crippen LogP contribution in [0.5, 0.6) is 0 Å². The molecule has 2 aromatic carbocycles. The predicted octanol–water partition coefficient (Wildman–Crippen LogP) is 3.76. The number of benzene rings is 2. The second-order valence-corrected chi connectivity index (χ2v) is 7.18. The number of para-hydroxylation sites is 1. The standard InChI is InChI=1S/C23H26N6/c1-19-8-5-6-12-21(19)25-23-26-22(18-24-27-23)29-16-14-28(15-17-29)13-7-11-20-9-3-2-4-10-20/h2-12,18H,13-17H2,1H3,(H,25,26,27)/b11-7+. The molecule has 3 aromatic rings. The van der Waals surface area contributed by atoms with Crippen molar-refractivity contribution >= 4 is 23.5 Å². The molecular formula is C23H26N6. The van der Waals surface area contributed by atoms with Gasteiger partial charge < -0.3 is 10.2 Å². The van der Waals surface area contributed by atoms with Crippen molar-refractivity contribution in [3.8, 4) is 0 Å². The summed E-state index contributed by atoms with van der Waals surface area (Å²) < 4.78 is 0. The maximum Gasteiger partial charge on any atom is 0.249 e. The molecule has 1 aliphatic rings. The first-order valence-corrected chi connectivity index (χ1v) is 9.99. The highest BCUT2D eigenvalue weighted by atomic mass is 15.3. The van der Waals surface area contributed by atoms with Crippen LogP contribution in [0.15, 0.2) is 66.9 Å². The van der Waals surface area contributed by atoms with Gasteiger partial charge in [0.05, 0.1) is 6.20 Å². The van der Waals surface area contributed by atoms with Crippen molar-refractivity contribution in [1.82, 2.24) is 20.1 Å². The van der Waals surface area contributed by atoms with Crippen molar-refractivity contribution in [1.29, 1.82) is 0 Å². The second kappa shape index (κ2) is 9.30. The lowest BCUT2D eigenvalue weighted by Crippen LogP contribution is -2.46. The molecule has 2 heterocycles. The van der Waals surface area contributed by atoms with E-state index >= 15 is 0 Å². The average molecular weight is 387 g/mol. The molecule has 1 aromatic heterocycles. The summed E-state index contributed by atoms with van der Waals surface area (Å²) >= 11 is 0. The Balaban J connectivity index is 1.32. The van der Waals surface area contributed by atoms with E-state index in [1.54, 1.807) is 6.20 Å². The highest BCUT2D eigenvalue weighted by Gasteiger charge is 2.18. The summed E-state index contributed by atoms with van der Waals surface area (Å²) in [6.07, 6.45) is 6.17. The molecule has 6 heteroatoms. The van der Waals surface area contributed by atoms with Crippen LogP contribution in [-0.2, 0) is 0 Å². The van der Waals surface area contributed by atoms with Crippen LogP contribution in [0.25, 0.3) is 6.08 Å². The highest BCUT2D eigenvalue weighted by Crippen LogP contribution is 2.19. The van der Waals surface area contributed by atoms with Crippen LogP contribution in [0.2, 0.25) is 0 Å². The van der Waals surface area contributed by atoms with E-state index in [-0.39, 0.29) is 0 Å². The number of hydrogen-bond acceptors (Lipinski definition) is 6. The number of rotatable bonds is 6. The van der Waals surface area contributed by atoms with Gasteiger partial charge in [0.1, 0.15) is 0 Å². The van der Waals surface area contributed by atoms with Crippen molar-refractivity contribution in [2.75, 3.05) is 42.9 Å². The van der Waals surface area contributed by atoms with Crippen LogP contribution >= 0.6 is 0 Å². The minimum atomic E-state index is 0.532. The Labute approximate surface area is 171 Å². The van der Waals surface area contributed by atoms with E-state index in [1.165, 1.54) is 5.56 Å². The third-order valence-electron chi connectivity index (χ3n) is 5.11. The van der Waals surface area contributed by atoms with Gasteiger partial charge in [0, 0.05) is 38.4 Å². The molecule has 0 saturated carbocycles. The lowest BCUT2D eigenvalue weighted by molar-refractivity contribution is 0.283. The van der Waals surface area contributed by atoms with Crippen LogP contribution in [0, 0.1) is 6.92 Å². The van der Waals surface area contributed by atoms with Crippen molar-refractivity contribution in [2.24, 2.45) is 0 Å². The molecule has 1 aliphatic heterocycles. The van der Waals surface area contributed by atoms with Gasteiger partial charge in [-0.25, -0.2) is 0 Å². The molecule has 1 fully saturated rings. The molecule has 148 valence electrons. The third-order valence-corrected chi connectivity index (χ3v) is 5.11. The lowest BCUT2D eigenvalue weighted by Gasteiger charge is -2.34. The lowest BCUT2D eigenvalue weighted by atomic mass is 10.2. The zero-order valence-electron chi connectivity index (χ0n) is 16.7. The Morgan fingerprint density at radius 2 is 1.72 bits per heavy atom. The zero-order chi connectivity index (χ0) is 19.9. The zero-order valence-corrected chi connectivity index (χ0v) is 16.7. The summed E-state index contributed by atoms with van der Waals surface area (Å²) in [4.78, 5) is 9.40. The van der Waals surface area contributed by atoms with E-state index in [9.17, 15) is 0 Å². The fourth-order valence-corrected chi connectivity index (χ4v) is 3.40. The number of piperazine rings is 1. The number of anilines is 3. The summed E-state index contributed by atoms with van der Waals surface area (Å²) in [5.41, 5.74) is 3.40. The molecule has 0 aliphatic carbocycles. The molecule has 0 unspecified atom stereocenters. The first-order valence-electron chi connectivity index (χ1n) is 9.99. The van der Waals surface area contributed by atoms with Crippen LogP contribution in [-0.4, -0.2) is 52.8 Å². The van der Waals surface area contributed by atoms with Gasteiger partial charge in [-0.05, 0) is 24.1 Å². The Hall–Kier alpha value is -3.25. The number of hydrogen-bond donors (Lipinski definition) is 1. The van der Waals surface area contributed by atoms with Gasteiger partial charge in [-0.2, -0.15) is 10.1 Å². The Bertz CT molecular complexity index is 948. The van der Waals surface area contributed by atoms with Crippen molar-refractivity contribution < 1.29 is 0 Å². The smallest absolute Gasteiger partial charge is 0.249 e. The monoisotopic (exact) mass is 386 g/mol. The second-order valence-electron chi connectivity index (χ2n) is 7.18. The van der Waals surface area contributed by atoms with Gasteiger partial charge in [-0.1, -0.05) is 60.7 Å². The fourth-order valence-electron chi connectivity index (χ4n) is 3.40. The molecule has 0 spiro atoms. The van der Waals surface area contributed by atoms with Crippen LogP contribution in [0.3, 0.4) is 0 Å². The van der Waals surface area contributed by atoms with Gasteiger partial charge in [0.2, 0.25) is 5.95 Å². The highest BCUT2D eigenvalue weighted by molar-refractivity contribution is 5.58. The SMILES string of the molecule is Cc1ccccc1Nc1nncc(N2CCN(C/C=C/c3ccccc3)CC2)n1. The molecule has 0 atom stereocenters. The third kappa shape index (κ3) is 5.18. The van der Waals surface area contributed by atoms with E-state index < -0.39 is 0 Å². The molecule has 1 N–H and O–H groups in total. The molecule has 1 saturated heterocycles. The molecule has 4 rings (SSSR count). The predicted molar refractivity (Wildman–Crippen MR) is 118 cm³/mol. The summed E-state index contributed by atoms with van der Waals surface area (Å²) in [6, 6.07) is 18.5. The number of nitrogens with one attached hydrogen (secondary N) is 1. The quantitative estimate of drug-likeness (QED) is 0.696. The molecule has 29 heavy (non-hydrogen) atoms.